The SMILES string of the molecule is CCOc1ccc2nc(N(CCCN3CCOCC3)C(=O)c3ccc(C)c(C)c3)sc2c1. The lowest BCUT2D eigenvalue weighted by Gasteiger charge is -2.27. The van der Waals surface area contributed by atoms with Crippen molar-refractivity contribution < 1.29 is 14.3 Å². The Bertz CT molecular complexity index is 1080. The Kier molecular flexibility index (Phi) is 7.40. The van der Waals surface area contributed by atoms with E-state index in [1.54, 1.807) is 11.3 Å². The summed E-state index contributed by atoms with van der Waals surface area (Å²) in [7, 11) is 0. The van der Waals surface area contributed by atoms with Gasteiger partial charge >= 0.3 is 0 Å². The zero-order valence-electron chi connectivity index (χ0n) is 19.1. The summed E-state index contributed by atoms with van der Waals surface area (Å²) in [6.45, 7) is 11.7. The Morgan fingerprint density at radius 3 is 2.72 bits per heavy atom. The third-order valence-corrected chi connectivity index (χ3v) is 6.89. The van der Waals surface area contributed by atoms with Crippen LogP contribution in [0.5, 0.6) is 5.75 Å². The number of amides is 1. The molecular formula is C25H31N3O3S. The zero-order valence-corrected chi connectivity index (χ0v) is 19.9. The van der Waals surface area contributed by atoms with Crippen LogP contribution in [0.1, 0.15) is 34.8 Å². The number of nitrogens with zero attached hydrogens (tertiary/aromatic N) is 3. The van der Waals surface area contributed by atoms with Gasteiger partial charge in [-0.15, -0.1) is 0 Å². The number of aromatic nitrogens is 1. The molecule has 0 bridgehead atoms. The maximum absolute atomic E-state index is 13.6. The van der Waals surface area contributed by atoms with E-state index in [0.29, 0.717) is 18.7 Å². The van der Waals surface area contributed by atoms with Gasteiger partial charge in [-0.3, -0.25) is 14.6 Å². The molecule has 0 saturated carbocycles. The first-order chi connectivity index (χ1) is 15.5. The van der Waals surface area contributed by atoms with E-state index in [1.807, 2.05) is 55.1 Å². The van der Waals surface area contributed by atoms with Crippen molar-refractivity contribution in [1.29, 1.82) is 0 Å². The molecule has 0 radical (unpaired) electrons. The van der Waals surface area contributed by atoms with Crippen LogP contribution in [0.15, 0.2) is 36.4 Å². The summed E-state index contributed by atoms with van der Waals surface area (Å²) in [6.07, 6.45) is 0.886. The molecule has 1 amide bonds. The average Bonchev–Trinajstić information content (AvgIpc) is 3.22. The van der Waals surface area contributed by atoms with Crippen LogP contribution in [0.3, 0.4) is 0 Å². The lowest BCUT2D eigenvalue weighted by Crippen LogP contribution is -2.39. The third kappa shape index (κ3) is 5.28. The van der Waals surface area contributed by atoms with Crippen LogP contribution in [-0.2, 0) is 4.74 Å². The van der Waals surface area contributed by atoms with Crippen molar-refractivity contribution in [3.05, 3.63) is 53.1 Å². The molecule has 0 aliphatic carbocycles. The second-order valence-corrected chi connectivity index (χ2v) is 9.13. The van der Waals surface area contributed by atoms with Crippen LogP contribution in [0.2, 0.25) is 0 Å². The van der Waals surface area contributed by atoms with E-state index in [4.69, 9.17) is 14.5 Å². The number of rotatable bonds is 8. The standard InChI is InChI=1S/C25H31N3O3S/c1-4-31-21-8-9-22-23(17-21)32-25(26-22)28(11-5-10-27-12-14-30-15-13-27)24(29)20-7-6-18(2)19(3)16-20/h6-9,16-17H,4-5,10-15H2,1-3H3. The Hall–Kier alpha value is -2.48. The molecular weight excluding hydrogens is 422 g/mol. The van der Waals surface area contributed by atoms with Crippen molar-refractivity contribution in [2.45, 2.75) is 27.2 Å². The molecule has 3 aromatic rings. The fourth-order valence-corrected chi connectivity index (χ4v) is 4.87. The van der Waals surface area contributed by atoms with Gasteiger partial charge in [-0.05, 0) is 68.7 Å². The van der Waals surface area contributed by atoms with Crippen molar-refractivity contribution in [1.82, 2.24) is 9.88 Å². The van der Waals surface area contributed by atoms with Gasteiger partial charge in [0.1, 0.15) is 5.75 Å². The molecule has 1 aliphatic rings. The first kappa shape index (κ1) is 22.7. The van der Waals surface area contributed by atoms with Crippen molar-refractivity contribution in [3.63, 3.8) is 0 Å². The van der Waals surface area contributed by atoms with Crippen molar-refractivity contribution in [2.24, 2.45) is 0 Å². The van der Waals surface area contributed by atoms with Crippen molar-refractivity contribution in [3.8, 4) is 5.75 Å². The number of thiazole rings is 1. The minimum absolute atomic E-state index is 0.000773. The lowest BCUT2D eigenvalue weighted by molar-refractivity contribution is 0.0376. The number of hydrogen-bond donors (Lipinski definition) is 0. The Labute approximate surface area is 193 Å². The lowest BCUT2D eigenvalue weighted by atomic mass is 10.1. The molecule has 6 nitrogen and oxygen atoms in total. The van der Waals surface area contributed by atoms with Gasteiger partial charge < -0.3 is 9.47 Å². The number of anilines is 1. The number of carbonyl (C=O) groups is 1. The molecule has 32 heavy (non-hydrogen) atoms. The van der Waals surface area contributed by atoms with E-state index in [2.05, 4.69) is 11.8 Å². The van der Waals surface area contributed by atoms with Gasteiger partial charge in [-0.25, -0.2) is 4.98 Å². The van der Waals surface area contributed by atoms with E-state index in [9.17, 15) is 4.79 Å². The average molecular weight is 454 g/mol. The Morgan fingerprint density at radius 1 is 1.16 bits per heavy atom. The highest BCUT2D eigenvalue weighted by molar-refractivity contribution is 7.22. The van der Waals surface area contributed by atoms with Gasteiger partial charge in [-0.1, -0.05) is 17.4 Å². The van der Waals surface area contributed by atoms with E-state index < -0.39 is 0 Å². The Balaban J connectivity index is 1.59. The van der Waals surface area contributed by atoms with E-state index in [1.165, 1.54) is 5.56 Å². The molecule has 4 rings (SSSR count). The number of aryl methyl sites for hydroxylation is 2. The largest absolute Gasteiger partial charge is 0.494 e. The molecule has 170 valence electrons. The monoisotopic (exact) mass is 453 g/mol. The predicted octanol–water partition coefficient (Wildman–Crippen LogP) is 4.68. The number of fused-ring (bicyclic) bond motifs is 1. The maximum Gasteiger partial charge on any atom is 0.260 e. The first-order valence-corrected chi connectivity index (χ1v) is 12.1. The molecule has 0 atom stereocenters. The molecule has 0 N–H and O–H groups in total. The summed E-state index contributed by atoms with van der Waals surface area (Å²) >= 11 is 1.54. The predicted molar refractivity (Wildman–Crippen MR) is 130 cm³/mol. The highest BCUT2D eigenvalue weighted by Gasteiger charge is 2.22. The minimum Gasteiger partial charge on any atom is -0.494 e. The molecule has 0 unspecified atom stereocenters. The minimum atomic E-state index is -0.000773. The smallest absolute Gasteiger partial charge is 0.260 e. The summed E-state index contributed by atoms with van der Waals surface area (Å²) in [5.41, 5.74) is 3.90. The van der Waals surface area contributed by atoms with Gasteiger partial charge in [0.2, 0.25) is 0 Å². The molecule has 2 heterocycles. The van der Waals surface area contributed by atoms with Crippen molar-refractivity contribution >= 4 is 32.6 Å². The fourth-order valence-electron chi connectivity index (χ4n) is 3.86. The van der Waals surface area contributed by atoms with Crippen LogP contribution < -0.4 is 9.64 Å². The maximum atomic E-state index is 13.6. The number of benzene rings is 2. The number of hydrogen-bond acceptors (Lipinski definition) is 6. The number of carbonyl (C=O) groups excluding carboxylic acids is 1. The van der Waals surface area contributed by atoms with E-state index in [-0.39, 0.29) is 5.91 Å². The van der Waals surface area contributed by atoms with Gasteiger partial charge in [-0.2, -0.15) is 0 Å². The molecule has 1 aromatic heterocycles. The quantitative estimate of drug-likeness (QED) is 0.496. The van der Waals surface area contributed by atoms with Gasteiger partial charge in [0.25, 0.3) is 5.91 Å². The van der Waals surface area contributed by atoms with E-state index in [0.717, 1.165) is 65.9 Å². The Morgan fingerprint density at radius 2 is 1.97 bits per heavy atom. The summed E-state index contributed by atoms with van der Waals surface area (Å²) in [5, 5.41) is 0.735. The van der Waals surface area contributed by atoms with Crippen LogP contribution in [-0.4, -0.2) is 61.8 Å². The van der Waals surface area contributed by atoms with Crippen LogP contribution in [0, 0.1) is 13.8 Å². The summed E-state index contributed by atoms with van der Waals surface area (Å²) in [6, 6.07) is 11.8. The normalized spacial score (nSPS) is 14.6. The van der Waals surface area contributed by atoms with Crippen LogP contribution >= 0.6 is 11.3 Å². The van der Waals surface area contributed by atoms with Crippen LogP contribution in [0.4, 0.5) is 5.13 Å². The first-order valence-electron chi connectivity index (χ1n) is 11.3. The summed E-state index contributed by atoms with van der Waals surface area (Å²) in [5.74, 6) is 0.828. The second kappa shape index (κ2) is 10.4. The highest BCUT2D eigenvalue weighted by atomic mass is 32.1. The second-order valence-electron chi connectivity index (χ2n) is 8.12. The van der Waals surface area contributed by atoms with Gasteiger partial charge in [0.05, 0.1) is 30.0 Å². The molecule has 2 aromatic carbocycles. The number of ether oxygens (including phenoxy) is 2. The molecule has 1 fully saturated rings. The molecule has 0 spiro atoms. The highest BCUT2D eigenvalue weighted by Crippen LogP contribution is 2.32. The molecule has 1 saturated heterocycles. The molecule has 1 aliphatic heterocycles. The van der Waals surface area contributed by atoms with E-state index >= 15 is 0 Å². The van der Waals surface area contributed by atoms with Crippen LogP contribution in [0.25, 0.3) is 10.2 Å². The number of morpholine rings is 1. The summed E-state index contributed by atoms with van der Waals surface area (Å²) in [4.78, 5) is 22.6. The molecule has 7 heteroatoms. The third-order valence-electron chi connectivity index (χ3n) is 5.85. The van der Waals surface area contributed by atoms with Gasteiger partial charge in [0.15, 0.2) is 5.13 Å². The zero-order chi connectivity index (χ0) is 22.5. The van der Waals surface area contributed by atoms with Gasteiger partial charge in [0, 0.05) is 31.7 Å². The van der Waals surface area contributed by atoms with Crippen molar-refractivity contribution in [2.75, 3.05) is 50.9 Å². The topological polar surface area (TPSA) is 54.9 Å². The summed E-state index contributed by atoms with van der Waals surface area (Å²) < 4.78 is 12.1. The fraction of sp³-hybridized carbons (Fsp3) is 0.440.